The Kier molecular flexibility index (Phi) is 5.91. The van der Waals surface area contributed by atoms with Crippen LogP contribution in [0.15, 0.2) is 18.2 Å². The SMILES string of the molecule is Cl.NC1CC2CCCC(C1)C2NC(=O)c1cc(N2CCNC2=O)ccc1F. The van der Waals surface area contributed by atoms with Crippen LogP contribution in [0.25, 0.3) is 0 Å². The molecule has 0 aromatic heterocycles. The largest absolute Gasteiger partial charge is 0.349 e. The quantitative estimate of drug-likeness (QED) is 0.733. The zero-order chi connectivity index (χ0) is 18.3. The monoisotopic (exact) mass is 396 g/mol. The zero-order valence-electron chi connectivity index (χ0n) is 15.1. The summed E-state index contributed by atoms with van der Waals surface area (Å²) in [4.78, 5) is 26.1. The molecule has 1 aliphatic heterocycles. The number of halogens is 2. The van der Waals surface area contributed by atoms with Crippen LogP contribution in [0.2, 0.25) is 0 Å². The molecule has 148 valence electrons. The summed E-state index contributed by atoms with van der Waals surface area (Å²) in [6.07, 6.45) is 5.12. The van der Waals surface area contributed by atoms with E-state index >= 15 is 0 Å². The van der Waals surface area contributed by atoms with Gasteiger partial charge in [-0.25, -0.2) is 9.18 Å². The van der Waals surface area contributed by atoms with Crippen molar-refractivity contribution in [1.82, 2.24) is 10.6 Å². The Morgan fingerprint density at radius 2 is 1.96 bits per heavy atom. The van der Waals surface area contributed by atoms with Crippen LogP contribution in [0, 0.1) is 17.7 Å². The molecule has 4 N–H and O–H groups in total. The first-order valence-electron chi connectivity index (χ1n) is 9.44. The highest BCUT2D eigenvalue weighted by Gasteiger charge is 2.40. The Hall–Kier alpha value is -1.86. The van der Waals surface area contributed by atoms with Crippen molar-refractivity contribution in [1.29, 1.82) is 0 Å². The first-order valence-corrected chi connectivity index (χ1v) is 9.44. The van der Waals surface area contributed by atoms with E-state index in [1.54, 1.807) is 0 Å². The van der Waals surface area contributed by atoms with Crippen LogP contribution >= 0.6 is 12.4 Å². The molecular weight excluding hydrogens is 371 g/mol. The third kappa shape index (κ3) is 3.89. The van der Waals surface area contributed by atoms with Crippen LogP contribution in [-0.4, -0.2) is 37.1 Å². The van der Waals surface area contributed by atoms with Crippen LogP contribution in [0.5, 0.6) is 0 Å². The van der Waals surface area contributed by atoms with Crippen molar-refractivity contribution in [3.05, 3.63) is 29.6 Å². The number of nitrogens with one attached hydrogen (secondary N) is 2. The van der Waals surface area contributed by atoms with E-state index in [4.69, 9.17) is 5.73 Å². The molecule has 27 heavy (non-hydrogen) atoms. The number of benzene rings is 1. The number of fused-ring (bicyclic) bond motifs is 2. The Morgan fingerprint density at radius 1 is 1.26 bits per heavy atom. The summed E-state index contributed by atoms with van der Waals surface area (Å²) in [6, 6.07) is 4.30. The lowest BCUT2D eigenvalue weighted by Gasteiger charge is -2.45. The predicted molar refractivity (Wildman–Crippen MR) is 104 cm³/mol. The number of anilines is 1. The van der Waals surface area contributed by atoms with E-state index < -0.39 is 11.7 Å². The fourth-order valence-electron chi connectivity index (χ4n) is 4.83. The summed E-state index contributed by atoms with van der Waals surface area (Å²) in [5.41, 5.74) is 6.67. The van der Waals surface area contributed by atoms with Crippen molar-refractivity contribution < 1.29 is 14.0 Å². The average molecular weight is 397 g/mol. The molecule has 2 bridgehead atoms. The maximum atomic E-state index is 14.3. The molecular formula is C19H26ClFN4O2. The van der Waals surface area contributed by atoms with Crippen molar-refractivity contribution in [3.63, 3.8) is 0 Å². The molecule has 0 spiro atoms. The summed E-state index contributed by atoms with van der Waals surface area (Å²) in [6.45, 7) is 1.06. The molecule has 8 heteroatoms. The molecule has 2 atom stereocenters. The summed E-state index contributed by atoms with van der Waals surface area (Å²) in [7, 11) is 0. The summed E-state index contributed by atoms with van der Waals surface area (Å²) in [5.74, 6) is -0.223. The zero-order valence-corrected chi connectivity index (χ0v) is 15.9. The Bertz CT molecular complexity index is 718. The highest BCUT2D eigenvalue weighted by Crippen LogP contribution is 2.39. The fourth-order valence-corrected chi connectivity index (χ4v) is 4.83. The molecule has 2 aliphatic carbocycles. The Balaban J connectivity index is 0.00000210. The molecule has 3 aliphatic rings. The molecule has 4 rings (SSSR count). The molecule has 3 fully saturated rings. The fraction of sp³-hybridized carbons (Fsp3) is 0.579. The third-order valence-corrected chi connectivity index (χ3v) is 6.04. The number of carbonyl (C=O) groups excluding carboxylic acids is 2. The van der Waals surface area contributed by atoms with Gasteiger partial charge in [0.25, 0.3) is 5.91 Å². The van der Waals surface area contributed by atoms with Gasteiger partial charge in [-0.1, -0.05) is 6.42 Å². The van der Waals surface area contributed by atoms with Crippen LogP contribution < -0.4 is 21.3 Å². The van der Waals surface area contributed by atoms with Crippen LogP contribution in [0.4, 0.5) is 14.9 Å². The minimum Gasteiger partial charge on any atom is -0.349 e. The van der Waals surface area contributed by atoms with Gasteiger partial charge in [-0.05, 0) is 55.7 Å². The standard InChI is InChI=1S/C19H25FN4O2.ClH/c20-16-5-4-14(24-7-6-22-19(24)26)10-15(16)18(25)23-17-11-2-1-3-12(17)9-13(21)8-11;/h4-5,10-13,17H,1-3,6-9,21H2,(H,22,26)(H,23,25);1H. The minimum absolute atomic E-state index is 0. The molecule has 1 heterocycles. The van der Waals surface area contributed by atoms with Crippen molar-refractivity contribution in [2.24, 2.45) is 17.6 Å². The lowest BCUT2D eigenvalue weighted by Crippen LogP contribution is -2.53. The van der Waals surface area contributed by atoms with Crippen LogP contribution in [0.1, 0.15) is 42.5 Å². The van der Waals surface area contributed by atoms with E-state index in [9.17, 15) is 14.0 Å². The van der Waals surface area contributed by atoms with Gasteiger partial charge in [-0.3, -0.25) is 9.69 Å². The summed E-state index contributed by atoms with van der Waals surface area (Å²) in [5, 5.41) is 5.78. The maximum absolute atomic E-state index is 14.3. The van der Waals surface area contributed by atoms with Crippen molar-refractivity contribution in [3.8, 4) is 0 Å². The van der Waals surface area contributed by atoms with Gasteiger partial charge in [0.2, 0.25) is 0 Å². The van der Waals surface area contributed by atoms with Gasteiger partial charge in [0.1, 0.15) is 5.82 Å². The number of carbonyl (C=O) groups is 2. The highest BCUT2D eigenvalue weighted by molar-refractivity contribution is 5.98. The van der Waals surface area contributed by atoms with Gasteiger partial charge >= 0.3 is 6.03 Å². The van der Waals surface area contributed by atoms with Gasteiger partial charge < -0.3 is 16.4 Å². The van der Waals surface area contributed by atoms with Gasteiger partial charge in [0.05, 0.1) is 5.56 Å². The smallest absolute Gasteiger partial charge is 0.321 e. The highest BCUT2D eigenvalue weighted by atomic mass is 35.5. The van der Waals surface area contributed by atoms with Crippen molar-refractivity contribution in [2.45, 2.75) is 44.2 Å². The van der Waals surface area contributed by atoms with E-state index in [-0.39, 0.29) is 36.1 Å². The Labute approximate surface area is 164 Å². The van der Waals surface area contributed by atoms with Crippen LogP contribution in [-0.2, 0) is 0 Å². The molecule has 3 amide bonds. The lowest BCUT2D eigenvalue weighted by atomic mass is 9.67. The van der Waals surface area contributed by atoms with Gasteiger partial charge in [-0.15, -0.1) is 12.4 Å². The number of hydrogen-bond acceptors (Lipinski definition) is 3. The number of urea groups is 1. The molecule has 1 saturated heterocycles. The van der Waals surface area contributed by atoms with E-state index in [1.165, 1.54) is 29.5 Å². The Morgan fingerprint density at radius 3 is 2.59 bits per heavy atom. The first-order chi connectivity index (χ1) is 12.5. The second-order valence-corrected chi connectivity index (χ2v) is 7.73. The topological polar surface area (TPSA) is 87.5 Å². The van der Waals surface area contributed by atoms with E-state index in [0.29, 0.717) is 30.6 Å². The van der Waals surface area contributed by atoms with Crippen molar-refractivity contribution >= 4 is 30.0 Å². The minimum atomic E-state index is -0.566. The summed E-state index contributed by atoms with van der Waals surface area (Å²) < 4.78 is 14.3. The van der Waals surface area contributed by atoms with Crippen LogP contribution in [0.3, 0.4) is 0 Å². The number of amides is 3. The molecule has 2 unspecified atom stereocenters. The number of nitrogens with zero attached hydrogens (tertiary/aromatic N) is 1. The molecule has 1 aromatic carbocycles. The number of nitrogens with two attached hydrogens (primary N) is 1. The molecule has 2 saturated carbocycles. The van der Waals surface area contributed by atoms with E-state index in [2.05, 4.69) is 10.6 Å². The van der Waals surface area contributed by atoms with Gasteiger partial charge in [-0.2, -0.15) is 0 Å². The lowest BCUT2D eigenvalue weighted by molar-refractivity contribution is 0.0752. The molecule has 6 nitrogen and oxygen atoms in total. The number of rotatable bonds is 3. The number of hydrogen-bond donors (Lipinski definition) is 3. The summed E-state index contributed by atoms with van der Waals surface area (Å²) >= 11 is 0. The second kappa shape index (κ2) is 8.02. The van der Waals surface area contributed by atoms with Crippen molar-refractivity contribution in [2.75, 3.05) is 18.0 Å². The van der Waals surface area contributed by atoms with E-state index in [0.717, 1.165) is 25.7 Å². The maximum Gasteiger partial charge on any atom is 0.321 e. The molecule has 1 aromatic rings. The second-order valence-electron chi connectivity index (χ2n) is 7.73. The average Bonchev–Trinajstić information content (AvgIpc) is 3.02. The third-order valence-electron chi connectivity index (χ3n) is 6.04. The first kappa shape index (κ1) is 19.9. The van der Waals surface area contributed by atoms with E-state index in [1.807, 2.05) is 0 Å². The normalized spacial score (nSPS) is 29.7. The molecule has 0 radical (unpaired) electrons. The van der Waals surface area contributed by atoms with Gasteiger partial charge in [0.15, 0.2) is 0 Å². The predicted octanol–water partition coefficient (Wildman–Crippen LogP) is 2.41. The van der Waals surface area contributed by atoms with Gasteiger partial charge in [0, 0.05) is 30.9 Å².